The maximum Gasteiger partial charge on any atom is 0.195 e. The molecule has 18 heavy (non-hydrogen) atoms. The summed E-state index contributed by atoms with van der Waals surface area (Å²) in [6, 6.07) is 0. The van der Waals surface area contributed by atoms with E-state index in [0.717, 1.165) is 12.8 Å². The van der Waals surface area contributed by atoms with Gasteiger partial charge in [0, 0.05) is 6.42 Å². The molecule has 0 amide bonds. The SMILES string of the molecule is CC(=O)Cc1cnc(CC2CCCCS2(=O)=O)o1. The lowest BCUT2D eigenvalue weighted by molar-refractivity contribution is -0.116. The zero-order valence-electron chi connectivity index (χ0n) is 10.4. The van der Waals surface area contributed by atoms with Crippen molar-refractivity contribution >= 4 is 15.6 Å². The molecular formula is C12H17NO4S. The summed E-state index contributed by atoms with van der Waals surface area (Å²) in [7, 11) is -3.00. The van der Waals surface area contributed by atoms with Crippen LogP contribution in [0.1, 0.15) is 37.8 Å². The first-order valence-electron chi connectivity index (χ1n) is 6.12. The van der Waals surface area contributed by atoms with Crippen LogP contribution in [0.3, 0.4) is 0 Å². The van der Waals surface area contributed by atoms with E-state index >= 15 is 0 Å². The van der Waals surface area contributed by atoms with Crippen LogP contribution in [0.4, 0.5) is 0 Å². The molecule has 6 heteroatoms. The van der Waals surface area contributed by atoms with Crippen molar-refractivity contribution in [1.82, 2.24) is 4.98 Å². The number of ketones is 1. The molecule has 5 nitrogen and oxygen atoms in total. The average molecular weight is 271 g/mol. The van der Waals surface area contributed by atoms with Crippen LogP contribution >= 0.6 is 0 Å². The van der Waals surface area contributed by atoms with Crippen molar-refractivity contribution in [3.8, 4) is 0 Å². The smallest absolute Gasteiger partial charge is 0.195 e. The Morgan fingerprint density at radius 2 is 2.28 bits per heavy atom. The highest BCUT2D eigenvalue weighted by Gasteiger charge is 2.30. The van der Waals surface area contributed by atoms with Crippen LogP contribution < -0.4 is 0 Å². The molecule has 2 heterocycles. The topological polar surface area (TPSA) is 77.2 Å². The molecule has 1 unspecified atom stereocenters. The molecule has 1 fully saturated rings. The summed E-state index contributed by atoms with van der Waals surface area (Å²) >= 11 is 0. The molecule has 0 aliphatic carbocycles. The van der Waals surface area contributed by atoms with E-state index < -0.39 is 9.84 Å². The number of nitrogens with zero attached hydrogens (tertiary/aromatic N) is 1. The maximum atomic E-state index is 11.8. The van der Waals surface area contributed by atoms with Crippen LogP contribution in [0.25, 0.3) is 0 Å². The quantitative estimate of drug-likeness (QED) is 0.825. The van der Waals surface area contributed by atoms with Crippen molar-refractivity contribution < 1.29 is 17.6 Å². The number of carbonyl (C=O) groups excluding carboxylic acids is 1. The van der Waals surface area contributed by atoms with E-state index in [2.05, 4.69) is 4.98 Å². The van der Waals surface area contributed by atoms with Crippen molar-refractivity contribution in [3.05, 3.63) is 17.8 Å². The molecular weight excluding hydrogens is 254 g/mol. The van der Waals surface area contributed by atoms with Crippen molar-refractivity contribution in [3.63, 3.8) is 0 Å². The number of sulfone groups is 1. The van der Waals surface area contributed by atoms with Gasteiger partial charge in [-0.2, -0.15) is 0 Å². The second kappa shape index (κ2) is 5.22. The number of hydrogen-bond donors (Lipinski definition) is 0. The number of aromatic nitrogens is 1. The van der Waals surface area contributed by atoms with E-state index in [1.54, 1.807) is 0 Å². The highest BCUT2D eigenvalue weighted by atomic mass is 32.2. The first-order chi connectivity index (χ1) is 8.47. The number of rotatable bonds is 4. The van der Waals surface area contributed by atoms with E-state index in [1.807, 2.05) is 0 Å². The molecule has 1 aromatic heterocycles. The summed E-state index contributed by atoms with van der Waals surface area (Å²) in [6.45, 7) is 1.48. The van der Waals surface area contributed by atoms with Gasteiger partial charge in [-0.1, -0.05) is 6.42 Å². The fourth-order valence-corrected chi connectivity index (χ4v) is 4.08. The van der Waals surface area contributed by atoms with Crippen LogP contribution in [0.2, 0.25) is 0 Å². The highest BCUT2D eigenvalue weighted by molar-refractivity contribution is 7.92. The second-order valence-electron chi connectivity index (χ2n) is 4.79. The van der Waals surface area contributed by atoms with Crippen molar-refractivity contribution in [1.29, 1.82) is 0 Å². The lowest BCUT2D eigenvalue weighted by atomic mass is 10.1. The summed E-state index contributed by atoms with van der Waals surface area (Å²) in [5.41, 5.74) is 0. The molecule has 0 aromatic carbocycles. The largest absolute Gasteiger partial charge is 0.445 e. The van der Waals surface area contributed by atoms with E-state index in [4.69, 9.17) is 4.42 Å². The molecule has 1 aromatic rings. The zero-order valence-corrected chi connectivity index (χ0v) is 11.2. The molecule has 0 radical (unpaired) electrons. The van der Waals surface area contributed by atoms with E-state index in [-0.39, 0.29) is 23.2 Å². The van der Waals surface area contributed by atoms with E-state index in [0.29, 0.717) is 24.5 Å². The fourth-order valence-electron chi connectivity index (χ4n) is 2.21. The van der Waals surface area contributed by atoms with Crippen LogP contribution in [0.5, 0.6) is 0 Å². The molecule has 2 rings (SSSR count). The van der Waals surface area contributed by atoms with Gasteiger partial charge < -0.3 is 4.42 Å². The van der Waals surface area contributed by atoms with Gasteiger partial charge in [-0.3, -0.25) is 4.79 Å². The normalized spacial score (nSPS) is 22.8. The average Bonchev–Trinajstić information content (AvgIpc) is 2.68. The lowest BCUT2D eigenvalue weighted by Gasteiger charge is -2.20. The van der Waals surface area contributed by atoms with Crippen molar-refractivity contribution in [2.45, 2.75) is 44.3 Å². The molecule has 1 saturated heterocycles. The number of Topliss-reactive ketones (excluding diaryl/α,β-unsaturated/α-hetero) is 1. The standard InChI is InChI=1S/C12H17NO4S/c1-9(14)6-10-8-13-12(17-10)7-11-4-2-3-5-18(11,15)16/h8,11H,2-7H2,1H3. The second-order valence-corrected chi connectivity index (χ2v) is 7.19. The van der Waals surface area contributed by atoms with E-state index in [1.165, 1.54) is 13.1 Å². The summed E-state index contributed by atoms with van der Waals surface area (Å²) in [6.07, 6.45) is 4.40. The van der Waals surface area contributed by atoms with Crippen LogP contribution in [-0.4, -0.2) is 30.2 Å². The Balaban J connectivity index is 2.04. The Morgan fingerprint density at radius 3 is 2.94 bits per heavy atom. The first-order valence-corrected chi connectivity index (χ1v) is 7.83. The van der Waals surface area contributed by atoms with Gasteiger partial charge in [-0.25, -0.2) is 13.4 Å². The lowest BCUT2D eigenvalue weighted by Crippen LogP contribution is -2.30. The summed E-state index contributed by atoms with van der Waals surface area (Å²) in [5, 5.41) is -0.380. The third-order valence-corrected chi connectivity index (χ3v) is 5.42. The third-order valence-electron chi connectivity index (χ3n) is 3.14. The zero-order chi connectivity index (χ0) is 13.2. The Kier molecular flexibility index (Phi) is 3.85. The first kappa shape index (κ1) is 13.3. The van der Waals surface area contributed by atoms with Gasteiger partial charge in [-0.05, 0) is 19.8 Å². The van der Waals surface area contributed by atoms with Gasteiger partial charge in [0.25, 0.3) is 0 Å². The summed E-state index contributed by atoms with van der Waals surface area (Å²) < 4.78 is 29.1. The van der Waals surface area contributed by atoms with Gasteiger partial charge in [0.2, 0.25) is 0 Å². The van der Waals surface area contributed by atoms with Crippen LogP contribution in [0, 0.1) is 0 Å². The van der Waals surface area contributed by atoms with Gasteiger partial charge in [-0.15, -0.1) is 0 Å². The number of hydrogen-bond acceptors (Lipinski definition) is 5. The van der Waals surface area contributed by atoms with Crippen LogP contribution in [0.15, 0.2) is 10.6 Å². The molecule has 0 bridgehead atoms. The van der Waals surface area contributed by atoms with Gasteiger partial charge >= 0.3 is 0 Å². The van der Waals surface area contributed by atoms with Gasteiger partial charge in [0.05, 0.1) is 23.6 Å². The summed E-state index contributed by atoms with van der Waals surface area (Å²) in [4.78, 5) is 15.0. The highest BCUT2D eigenvalue weighted by Crippen LogP contribution is 2.23. The van der Waals surface area contributed by atoms with E-state index in [9.17, 15) is 13.2 Å². The molecule has 1 aliphatic rings. The molecule has 1 aliphatic heterocycles. The fraction of sp³-hybridized carbons (Fsp3) is 0.667. The molecule has 100 valence electrons. The minimum absolute atomic E-state index is 0.00277. The molecule has 0 N–H and O–H groups in total. The van der Waals surface area contributed by atoms with Crippen molar-refractivity contribution in [2.24, 2.45) is 0 Å². The predicted molar refractivity (Wildman–Crippen MR) is 66.0 cm³/mol. The Hall–Kier alpha value is -1.17. The van der Waals surface area contributed by atoms with Gasteiger partial charge in [0.1, 0.15) is 11.5 Å². The number of carbonyl (C=O) groups is 1. The Labute approximate surface area is 107 Å². The monoisotopic (exact) mass is 271 g/mol. The third kappa shape index (κ3) is 3.19. The molecule has 0 spiro atoms. The molecule has 0 saturated carbocycles. The van der Waals surface area contributed by atoms with Crippen LogP contribution in [-0.2, 0) is 27.5 Å². The predicted octanol–water partition coefficient (Wildman–Crippen LogP) is 1.32. The van der Waals surface area contributed by atoms with Gasteiger partial charge in [0.15, 0.2) is 15.7 Å². The Morgan fingerprint density at radius 1 is 1.50 bits per heavy atom. The Bertz CT molecular complexity index is 532. The maximum absolute atomic E-state index is 11.8. The minimum atomic E-state index is -3.00. The summed E-state index contributed by atoms with van der Waals surface area (Å²) in [5.74, 6) is 1.19. The van der Waals surface area contributed by atoms with Crippen molar-refractivity contribution in [2.75, 3.05) is 5.75 Å². The minimum Gasteiger partial charge on any atom is -0.445 e. The number of oxazole rings is 1. The molecule has 1 atom stereocenters.